The van der Waals surface area contributed by atoms with E-state index in [2.05, 4.69) is 5.32 Å². The second-order valence-electron chi connectivity index (χ2n) is 3.93. The number of ether oxygens (including phenoxy) is 1. The minimum absolute atomic E-state index is 0.214. The van der Waals surface area contributed by atoms with Crippen molar-refractivity contribution in [3.63, 3.8) is 0 Å². The van der Waals surface area contributed by atoms with Crippen LogP contribution in [0.15, 0.2) is 53.4 Å². The van der Waals surface area contributed by atoms with Crippen molar-refractivity contribution in [2.24, 2.45) is 0 Å². The summed E-state index contributed by atoms with van der Waals surface area (Å²) in [5.74, 6) is 1.60. The number of rotatable bonds is 6. The van der Waals surface area contributed by atoms with Crippen molar-refractivity contribution < 1.29 is 9.13 Å². The number of halogens is 1. The Labute approximate surface area is 117 Å². The van der Waals surface area contributed by atoms with E-state index >= 15 is 0 Å². The van der Waals surface area contributed by atoms with Gasteiger partial charge in [0.25, 0.3) is 0 Å². The molecule has 0 saturated carbocycles. The Bertz CT molecular complexity index is 516. The predicted molar refractivity (Wildman–Crippen MR) is 78.6 cm³/mol. The van der Waals surface area contributed by atoms with Crippen molar-refractivity contribution in [2.45, 2.75) is 4.90 Å². The van der Waals surface area contributed by atoms with Gasteiger partial charge in [0.15, 0.2) is 0 Å². The van der Waals surface area contributed by atoms with Gasteiger partial charge in [-0.1, -0.05) is 12.1 Å². The van der Waals surface area contributed by atoms with E-state index in [9.17, 15) is 4.39 Å². The molecule has 2 nitrogen and oxygen atoms in total. The van der Waals surface area contributed by atoms with Gasteiger partial charge in [0, 0.05) is 22.9 Å². The van der Waals surface area contributed by atoms with Crippen molar-refractivity contribution >= 4 is 17.4 Å². The molecule has 0 amide bonds. The summed E-state index contributed by atoms with van der Waals surface area (Å²) in [6, 6.07) is 14.3. The van der Waals surface area contributed by atoms with Crippen LogP contribution in [0.2, 0.25) is 0 Å². The zero-order valence-corrected chi connectivity index (χ0v) is 11.5. The van der Waals surface area contributed by atoms with Gasteiger partial charge in [0.2, 0.25) is 0 Å². The Morgan fingerprint density at radius 3 is 2.58 bits per heavy atom. The zero-order chi connectivity index (χ0) is 13.5. The summed E-state index contributed by atoms with van der Waals surface area (Å²) in [6.07, 6.45) is 0. The van der Waals surface area contributed by atoms with Crippen molar-refractivity contribution in [3.8, 4) is 5.75 Å². The van der Waals surface area contributed by atoms with Crippen LogP contribution >= 0.6 is 11.8 Å². The van der Waals surface area contributed by atoms with E-state index in [1.54, 1.807) is 31.0 Å². The summed E-state index contributed by atoms with van der Waals surface area (Å²) in [7, 11) is 1.68. The van der Waals surface area contributed by atoms with Crippen LogP contribution in [0.1, 0.15) is 0 Å². The molecule has 4 heteroatoms. The lowest BCUT2D eigenvalue weighted by atomic mass is 10.3. The maximum atomic E-state index is 12.7. The van der Waals surface area contributed by atoms with Crippen molar-refractivity contribution in [1.82, 2.24) is 0 Å². The van der Waals surface area contributed by atoms with Crippen molar-refractivity contribution in [3.05, 3.63) is 54.3 Å². The summed E-state index contributed by atoms with van der Waals surface area (Å²) in [6.45, 7) is 0.814. The summed E-state index contributed by atoms with van der Waals surface area (Å²) in [5, 5.41) is 3.25. The van der Waals surface area contributed by atoms with E-state index in [1.807, 2.05) is 24.3 Å². The van der Waals surface area contributed by atoms with E-state index < -0.39 is 0 Å². The van der Waals surface area contributed by atoms with Crippen molar-refractivity contribution in [2.75, 3.05) is 24.7 Å². The molecule has 2 aromatic carbocycles. The molecule has 0 atom stereocenters. The van der Waals surface area contributed by atoms with Crippen LogP contribution in [0.4, 0.5) is 10.1 Å². The summed E-state index contributed by atoms with van der Waals surface area (Å²) in [5.41, 5.74) is 0.932. The smallest absolute Gasteiger partial charge is 0.132 e. The Balaban J connectivity index is 1.79. The highest BCUT2D eigenvalue weighted by Gasteiger charge is 2.01. The molecule has 2 rings (SSSR count). The molecule has 100 valence electrons. The Morgan fingerprint density at radius 2 is 1.84 bits per heavy atom. The van der Waals surface area contributed by atoms with Crippen LogP contribution in [-0.4, -0.2) is 19.4 Å². The fourth-order valence-corrected chi connectivity index (χ4v) is 2.55. The molecular weight excluding hydrogens is 261 g/mol. The molecule has 0 aliphatic rings. The van der Waals surface area contributed by atoms with Gasteiger partial charge in [0.1, 0.15) is 11.6 Å². The van der Waals surface area contributed by atoms with Crippen LogP contribution in [0.3, 0.4) is 0 Å². The fourth-order valence-electron chi connectivity index (χ4n) is 1.66. The van der Waals surface area contributed by atoms with Crippen LogP contribution < -0.4 is 10.1 Å². The highest BCUT2D eigenvalue weighted by atomic mass is 32.2. The minimum atomic E-state index is -0.214. The van der Waals surface area contributed by atoms with E-state index in [4.69, 9.17) is 4.74 Å². The van der Waals surface area contributed by atoms with E-state index in [-0.39, 0.29) is 5.82 Å². The number of para-hydroxylation sites is 1. The topological polar surface area (TPSA) is 21.3 Å². The summed E-state index contributed by atoms with van der Waals surface area (Å²) < 4.78 is 18.0. The molecule has 19 heavy (non-hydrogen) atoms. The lowest BCUT2D eigenvalue weighted by Gasteiger charge is -2.09. The monoisotopic (exact) mass is 277 g/mol. The Kier molecular flexibility index (Phi) is 5.10. The molecule has 0 radical (unpaired) electrons. The number of benzene rings is 2. The first-order valence-electron chi connectivity index (χ1n) is 6.05. The highest BCUT2D eigenvalue weighted by molar-refractivity contribution is 7.99. The third-order valence-electron chi connectivity index (χ3n) is 2.60. The molecule has 0 heterocycles. The van der Waals surface area contributed by atoms with E-state index in [0.29, 0.717) is 0 Å². The lowest BCUT2D eigenvalue weighted by Crippen LogP contribution is -2.03. The maximum Gasteiger partial charge on any atom is 0.132 e. The third-order valence-corrected chi connectivity index (χ3v) is 3.66. The molecule has 0 fully saturated rings. The highest BCUT2D eigenvalue weighted by Crippen LogP contribution is 2.28. The van der Waals surface area contributed by atoms with Gasteiger partial charge in [-0.3, -0.25) is 0 Å². The molecule has 0 aromatic heterocycles. The summed E-state index contributed by atoms with van der Waals surface area (Å²) in [4.78, 5) is 1.13. The maximum absolute atomic E-state index is 12.7. The van der Waals surface area contributed by atoms with E-state index in [1.165, 1.54) is 12.1 Å². The zero-order valence-electron chi connectivity index (χ0n) is 10.7. The van der Waals surface area contributed by atoms with Gasteiger partial charge >= 0.3 is 0 Å². The van der Waals surface area contributed by atoms with Gasteiger partial charge < -0.3 is 10.1 Å². The molecule has 0 aliphatic heterocycles. The molecule has 0 aliphatic carbocycles. The Hall–Kier alpha value is -1.68. The van der Waals surface area contributed by atoms with Crippen LogP contribution in [0, 0.1) is 5.82 Å². The molecule has 0 saturated heterocycles. The first-order valence-corrected chi connectivity index (χ1v) is 7.03. The molecule has 0 unspecified atom stereocenters. The van der Waals surface area contributed by atoms with Crippen LogP contribution in [0.5, 0.6) is 5.75 Å². The average Bonchev–Trinajstić information content (AvgIpc) is 2.46. The van der Waals surface area contributed by atoms with Crippen LogP contribution in [-0.2, 0) is 0 Å². The number of hydrogen-bond donors (Lipinski definition) is 1. The third kappa shape index (κ3) is 4.17. The minimum Gasteiger partial charge on any atom is -0.496 e. The number of anilines is 1. The van der Waals surface area contributed by atoms with Gasteiger partial charge in [-0.05, 0) is 36.4 Å². The van der Waals surface area contributed by atoms with E-state index in [0.717, 1.165) is 28.6 Å². The van der Waals surface area contributed by atoms with Gasteiger partial charge in [-0.2, -0.15) is 0 Å². The molecular formula is C15H16FNOS. The second kappa shape index (κ2) is 7.04. The number of thioether (sulfide) groups is 1. The predicted octanol–water partition coefficient (Wildman–Crippen LogP) is 4.04. The number of hydrogen-bond acceptors (Lipinski definition) is 3. The number of nitrogens with one attached hydrogen (secondary N) is 1. The average molecular weight is 277 g/mol. The van der Waals surface area contributed by atoms with Gasteiger partial charge in [-0.15, -0.1) is 11.8 Å². The largest absolute Gasteiger partial charge is 0.496 e. The SMILES string of the molecule is COc1ccccc1SCCNc1ccc(F)cc1. The Morgan fingerprint density at radius 1 is 1.11 bits per heavy atom. The normalized spacial score (nSPS) is 10.2. The van der Waals surface area contributed by atoms with Crippen LogP contribution in [0.25, 0.3) is 0 Å². The molecule has 1 N–H and O–H groups in total. The lowest BCUT2D eigenvalue weighted by molar-refractivity contribution is 0.405. The summed E-state index contributed by atoms with van der Waals surface area (Å²) >= 11 is 1.73. The molecule has 0 spiro atoms. The van der Waals surface area contributed by atoms with Gasteiger partial charge in [-0.25, -0.2) is 4.39 Å². The number of methoxy groups -OCH3 is 1. The first kappa shape index (κ1) is 13.7. The first-order chi connectivity index (χ1) is 9.29. The fraction of sp³-hybridized carbons (Fsp3) is 0.200. The quantitative estimate of drug-likeness (QED) is 0.636. The van der Waals surface area contributed by atoms with Gasteiger partial charge in [0.05, 0.1) is 7.11 Å². The standard InChI is InChI=1S/C15H16FNOS/c1-18-14-4-2-3-5-15(14)19-11-10-17-13-8-6-12(16)7-9-13/h2-9,17H,10-11H2,1H3. The molecule has 0 bridgehead atoms. The molecule has 2 aromatic rings. The second-order valence-corrected chi connectivity index (χ2v) is 5.07. The van der Waals surface area contributed by atoms with Crippen molar-refractivity contribution in [1.29, 1.82) is 0 Å².